The molecule has 1 amide bonds. The Labute approximate surface area is 199 Å². The summed E-state index contributed by atoms with van der Waals surface area (Å²) in [4.78, 5) is 33.4. The maximum absolute atomic E-state index is 12.5. The van der Waals surface area contributed by atoms with Crippen LogP contribution in [0.2, 0.25) is 0 Å². The minimum absolute atomic E-state index is 0.0218. The summed E-state index contributed by atoms with van der Waals surface area (Å²) >= 11 is 0. The third-order valence-electron chi connectivity index (χ3n) is 5.31. The zero-order valence-corrected chi connectivity index (χ0v) is 20.1. The smallest absolute Gasteiger partial charge is 0.407 e. The summed E-state index contributed by atoms with van der Waals surface area (Å²) in [6.07, 6.45) is 2.62. The number of nitrogen functional groups attached to an aromatic ring is 1. The van der Waals surface area contributed by atoms with Gasteiger partial charge in [-0.2, -0.15) is 0 Å². The number of phenolic OH excluding ortho intramolecular Hbond substituents is 1. The molecule has 2 aromatic rings. The lowest BCUT2D eigenvalue weighted by Crippen LogP contribution is -2.42. The molecule has 1 aromatic carbocycles. The Hall–Kier alpha value is -3.56. The molecule has 1 saturated carbocycles. The van der Waals surface area contributed by atoms with E-state index in [2.05, 4.69) is 20.6 Å². The highest BCUT2D eigenvalue weighted by atomic mass is 16.6. The van der Waals surface area contributed by atoms with E-state index >= 15 is 0 Å². The Kier molecular flexibility index (Phi) is 7.80. The van der Waals surface area contributed by atoms with Crippen LogP contribution in [0.15, 0.2) is 24.3 Å². The summed E-state index contributed by atoms with van der Waals surface area (Å²) in [5, 5.41) is 16.1. The molecule has 0 radical (unpaired) electrons. The van der Waals surface area contributed by atoms with Gasteiger partial charge in [-0.05, 0) is 65.5 Å². The maximum Gasteiger partial charge on any atom is 0.407 e. The highest BCUT2D eigenvalue weighted by molar-refractivity contribution is 5.96. The van der Waals surface area contributed by atoms with Gasteiger partial charge in [0.2, 0.25) is 0 Å². The van der Waals surface area contributed by atoms with Crippen molar-refractivity contribution < 1.29 is 24.2 Å². The van der Waals surface area contributed by atoms with Crippen molar-refractivity contribution in [3.05, 3.63) is 30.0 Å². The van der Waals surface area contributed by atoms with Gasteiger partial charge in [0, 0.05) is 17.6 Å². The number of aromatic hydroxyl groups is 1. The van der Waals surface area contributed by atoms with Gasteiger partial charge in [-0.1, -0.05) is 12.1 Å². The third-order valence-corrected chi connectivity index (χ3v) is 5.31. The molecule has 10 heteroatoms. The normalized spacial score (nSPS) is 18.1. The van der Waals surface area contributed by atoms with E-state index in [9.17, 15) is 14.7 Å². The first kappa shape index (κ1) is 25.1. The van der Waals surface area contributed by atoms with Crippen LogP contribution in [0.4, 0.5) is 16.3 Å². The van der Waals surface area contributed by atoms with Gasteiger partial charge in [-0.25, -0.2) is 19.6 Å². The van der Waals surface area contributed by atoms with Crippen LogP contribution in [0.25, 0.3) is 11.4 Å². The molecule has 0 spiro atoms. The highest BCUT2D eigenvalue weighted by Gasteiger charge is 2.27. The molecule has 184 valence electrons. The summed E-state index contributed by atoms with van der Waals surface area (Å²) in [6.45, 7) is 7.37. The lowest BCUT2D eigenvalue weighted by molar-refractivity contribution is 0.0489. The van der Waals surface area contributed by atoms with Crippen molar-refractivity contribution in [2.75, 3.05) is 17.7 Å². The van der Waals surface area contributed by atoms with Gasteiger partial charge < -0.3 is 30.9 Å². The molecular formula is C24H33N5O5. The zero-order chi connectivity index (χ0) is 24.9. The molecule has 3 rings (SSSR count). The Bertz CT molecular complexity index is 1030. The second kappa shape index (κ2) is 10.6. The zero-order valence-electron chi connectivity index (χ0n) is 20.1. The molecule has 0 saturated heterocycles. The second-order valence-corrected chi connectivity index (χ2v) is 9.27. The Balaban J connectivity index is 1.75. The summed E-state index contributed by atoms with van der Waals surface area (Å²) in [5.74, 6) is -0.00562. The van der Waals surface area contributed by atoms with Gasteiger partial charge in [0.25, 0.3) is 0 Å². The van der Waals surface area contributed by atoms with Gasteiger partial charge in [0.05, 0.1) is 6.61 Å². The van der Waals surface area contributed by atoms with Crippen molar-refractivity contribution in [3.8, 4) is 17.1 Å². The topological polar surface area (TPSA) is 149 Å². The fourth-order valence-corrected chi connectivity index (χ4v) is 3.76. The van der Waals surface area contributed by atoms with Crippen molar-refractivity contribution in [1.82, 2.24) is 15.3 Å². The molecule has 0 unspecified atom stereocenters. The van der Waals surface area contributed by atoms with Crippen LogP contribution >= 0.6 is 0 Å². The Morgan fingerprint density at radius 3 is 2.44 bits per heavy atom. The first-order valence-corrected chi connectivity index (χ1v) is 11.5. The van der Waals surface area contributed by atoms with E-state index in [0.717, 1.165) is 25.7 Å². The molecule has 0 atom stereocenters. The number of nitrogens with two attached hydrogens (primary N) is 1. The fourth-order valence-electron chi connectivity index (χ4n) is 3.76. The van der Waals surface area contributed by atoms with Crippen LogP contribution in [-0.2, 0) is 9.47 Å². The van der Waals surface area contributed by atoms with Crippen molar-refractivity contribution in [3.63, 3.8) is 0 Å². The molecule has 0 bridgehead atoms. The number of hydrogen-bond acceptors (Lipinski definition) is 9. The number of anilines is 2. The van der Waals surface area contributed by atoms with E-state index < -0.39 is 17.7 Å². The SMILES string of the molecule is CCOC(=O)c1nc(-c2cccc(O)c2)nc(NC2CCC(NC(=O)OC(C)(C)C)CC2)c1N. The predicted molar refractivity (Wildman–Crippen MR) is 129 cm³/mol. The molecule has 1 aliphatic carbocycles. The Morgan fingerprint density at radius 1 is 1.15 bits per heavy atom. The van der Waals surface area contributed by atoms with Gasteiger partial charge in [0.15, 0.2) is 17.3 Å². The summed E-state index contributed by atoms with van der Waals surface area (Å²) in [6, 6.07) is 6.51. The number of ether oxygens (including phenoxy) is 2. The minimum Gasteiger partial charge on any atom is -0.508 e. The van der Waals surface area contributed by atoms with Gasteiger partial charge in [-0.15, -0.1) is 0 Å². The van der Waals surface area contributed by atoms with Crippen LogP contribution < -0.4 is 16.4 Å². The first-order valence-electron chi connectivity index (χ1n) is 11.5. The number of benzene rings is 1. The molecule has 0 aliphatic heterocycles. The van der Waals surface area contributed by atoms with Crippen LogP contribution in [0, 0.1) is 0 Å². The lowest BCUT2D eigenvalue weighted by Gasteiger charge is -2.31. The van der Waals surface area contributed by atoms with E-state index in [4.69, 9.17) is 15.2 Å². The fraction of sp³-hybridized carbons (Fsp3) is 0.500. The van der Waals surface area contributed by atoms with Crippen molar-refractivity contribution >= 4 is 23.6 Å². The quantitative estimate of drug-likeness (QED) is 0.461. The van der Waals surface area contributed by atoms with E-state index in [1.807, 2.05) is 20.8 Å². The number of nitrogens with zero attached hydrogens (tertiary/aromatic N) is 2. The molecule has 1 heterocycles. The minimum atomic E-state index is -0.642. The largest absolute Gasteiger partial charge is 0.508 e. The standard InChI is InChI=1S/C24H33N5O5/c1-5-33-22(31)19-18(25)21(29-20(28-19)14-7-6-8-17(30)13-14)26-15-9-11-16(12-10-15)27-23(32)34-24(2,3)4/h6-8,13,15-16,30H,5,9-12,25H2,1-4H3,(H,27,32)(H,26,28,29). The number of amides is 1. The number of carbonyl (C=O) groups is 2. The van der Waals surface area contributed by atoms with Gasteiger partial charge in [-0.3, -0.25) is 0 Å². The van der Waals surface area contributed by atoms with Crippen molar-refractivity contribution in [1.29, 1.82) is 0 Å². The van der Waals surface area contributed by atoms with E-state index in [1.54, 1.807) is 19.1 Å². The molecule has 5 N–H and O–H groups in total. The third kappa shape index (κ3) is 6.72. The highest BCUT2D eigenvalue weighted by Crippen LogP contribution is 2.30. The van der Waals surface area contributed by atoms with Crippen LogP contribution in [0.1, 0.15) is 63.9 Å². The molecule has 1 aromatic heterocycles. The molecule has 1 aliphatic rings. The number of phenols is 1. The average Bonchev–Trinajstić information content (AvgIpc) is 2.75. The molecule has 10 nitrogen and oxygen atoms in total. The van der Waals surface area contributed by atoms with Crippen LogP contribution in [0.5, 0.6) is 5.75 Å². The van der Waals surface area contributed by atoms with Crippen molar-refractivity contribution in [2.24, 2.45) is 0 Å². The summed E-state index contributed by atoms with van der Waals surface area (Å²) < 4.78 is 10.5. The van der Waals surface area contributed by atoms with Crippen LogP contribution in [-0.4, -0.2) is 51.4 Å². The first-order chi connectivity index (χ1) is 16.1. The van der Waals surface area contributed by atoms with E-state index in [1.165, 1.54) is 12.1 Å². The molecule has 1 fully saturated rings. The number of nitrogens with one attached hydrogen (secondary N) is 2. The van der Waals surface area contributed by atoms with Gasteiger partial charge in [0.1, 0.15) is 17.0 Å². The Morgan fingerprint density at radius 2 is 1.82 bits per heavy atom. The van der Waals surface area contributed by atoms with Gasteiger partial charge >= 0.3 is 12.1 Å². The van der Waals surface area contributed by atoms with Crippen molar-refractivity contribution in [2.45, 2.75) is 71.1 Å². The molecular weight excluding hydrogens is 438 g/mol. The number of aromatic nitrogens is 2. The number of carbonyl (C=O) groups excluding carboxylic acids is 2. The van der Waals surface area contributed by atoms with E-state index in [0.29, 0.717) is 11.4 Å². The molecule has 34 heavy (non-hydrogen) atoms. The summed E-state index contributed by atoms with van der Waals surface area (Å²) in [5.41, 5.74) is 6.32. The summed E-state index contributed by atoms with van der Waals surface area (Å²) in [7, 11) is 0. The monoisotopic (exact) mass is 471 g/mol. The predicted octanol–water partition coefficient (Wildman–Crippen LogP) is 3.86. The number of esters is 1. The lowest BCUT2D eigenvalue weighted by atomic mass is 9.91. The number of hydrogen-bond donors (Lipinski definition) is 4. The van der Waals surface area contributed by atoms with Crippen LogP contribution in [0.3, 0.4) is 0 Å². The van der Waals surface area contributed by atoms with E-state index in [-0.39, 0.29) is 41.6 Å². The second-order valence-electron chi connectivity index (χ2n) is 9.27. The maximum atomic E-state index is 12.5. The average molecular weight is 472 g/mol. The number of alkyl carbamates (subject to hydrolysis) is 1. The number of rotatable bonds is 6.